The molecule has 6 rings (SSSR count). The number of carbonyl (C=O) groups excluding carboxylic acids is 1. The van der Waals surface area contributed by atoms with Crippen molar-refractivity contribution in [1.29, 1.82) is 0 Å². The molecule has 0 radical (unpaired) electrons. The third-order valence-corrected chi connectivity index (χ3v) is 7.26. The number of carboxylic acid groups (broad SMARTS) is 1. The summed E-state index contributed by atoms with van der Waals surface area (Å²) < 4.78 is 0. The molecule has 150 valence electrons. The molecule has 5 heteroatoms. The lowest BCUT2D eigenvalue weighted by Crippen LogP contribution is -2.48. The maximum Gasteiger partial charge on any atom is 0.335 e. The van der Waals surface area contributed by atoms with Crippen LogP contribution in [-0.4, -0.2) is 22.1 Å². The third kappa shape index (κ3) is 3.18. The number of anilines is 1. The molecule has 4 bridgehead atoms. The molecular weight excluding hydrogens is 366 g/mol. The minimum Gasteiger partial charge on any atom is -0.508 e. The third-order valence-electron chi connectivity index (χ3n) is 7.26. The molecule has 4 aliphatic carbocycles. The average molecular weight is 391 g/mol. The van der Waals surface area contributed by atoms with Gasteiger partial charge in [0.25, 0.3) is 5.91 Å². The van der Waals surface area contributed by atoms with Crippen molar-refractivity contribution in [3.63, 3.8) is 0 Å². The van der Waals surface area contributed by atoms with Crippen LogP contribution < -0.4 is 5.32 Å². The Bertz CT molecular complexity index is 944. The average Bonchev–Trinajstić information content (AvgIpc) is 2.67. The van der Waals surface area contributed by atoms with Crippen molar-refractivity contribution in [2.75, 3.05) is 5.32 Å². The molecule has 0 saturated heterocycles. The van der Waals surface area contributed by atoms with E-state index in [1.54, 1.807) is 24.3 Å². The normalized spacial score (nSPS) is 29.6. The summed E-state index contributed by atoms with van der Waals surface area (Å²) in [5, 5.41) is 22.5. The summed E-state index contributed by atoms with van der Waals surface area (Å²) >= 11 is 0. The Morgan fingerprint density at radius 3 is 1.97 bits per heavy atom. The van der Waals surface area contributed by atoms with Crippen molar-refractivity contribution >= 4 is 17.6 Å². The van der Waals surface area contributed by atoms with Gasteiger partial charge in [-0.3, -0.25) is 4.79 Å². The highest BCUT2D eigenvalue weighted by atomic mass is 16.4. The number of amides is 1. The lowest BCUT2D eigenvalue weighted by Gasteiger charge is -2.57. The van der Waals surface area contributed by atoms with Crippen LogP contribution in [0.4, 0.5) is 5.69 Å². The number of nitrogens with one attached hydrogen (secondary N) is 1. The molecule has 29 heavy (non-hydrogen) atoms. The first kappa shape index (κ1) is 18.2. The van der Waals surface area contributed by atoms with E-state index >= 15 is 0 Å². The van der Waals surface area contributed by atoms with Gasteiger partial charge in [-0.05, 0) is 104 Å². The Labute approximate surface area is 169 Å². The van der Waals surface area contributed by atoms with E-state index in [9.17, 15) is 14.7 Å². The Morgan fingerprint density at radius 2 is 1.41 bits per heavy atom. The fraction of sp³-hybridized carbons (Fsp3) is 0.417. The van der Waals surface area contributed by atoms with Crippen LogP contribution in [0.15, 0.2) is 42.5 Å². The molecule has 4 saturated carbocycles. The molecule has 2 aromatic carbocycles. The number of phenolic OH excluding ortho intramolecular Hbond substituents is 1. The predicted molar refractivity (Wildman–Crippen MR) is 109 cm³/mol. The molecular formula is C24H25NO4. The highest BCUT2D eigenvalue weighted by Crippen LogP contribution is 2.61. The Kier molecular flexibility index (Phi) is 4.16. The van der Waals surface area contributed by atoms with Crippen molar-refractivity contribution in [2.24, 2.45) is 17.8 Å². The fourth-order valence-corrected chi connectivity index (χ4v) is 6.44. The van der Waals surface area contributed by atoms with Gasteiger partial charge in [-0.15, -0.1) is 0 Å². The van der Waals surface area contributed by atoms with Gasteiger partial charge >= 0.3 is 5.97 Å². The van der Waals surface area contributed by atoms with Gasteiger partial charge in [-0.25, -0.2) is 4.79 Å². The topological polar surface area (TPSA) is 86.6 Å². The van der Waals surface area contributed by atoms with E-state index in [0.29, 0.717) is 17.0 Å². The van der Waals surface area contributed by atoms with Gasteiger partial charge in [-0.1, -0.05) is 0 Å². The molecule has 0 heterocycles. The molecule has 5 nitrogen and oxygen atoms in total. The zero-order valence-electron chi connectivity index (χ0n) is 16.2. The van der Waals surface area contributed by atoms with Crippen LogP contribution in [0, 0.1) is 17.8 Å². The van der Waals surface area contributed by atoms with E-state index < -0.39 is 5.97 Å². The largest absolute Gasteiger partial charge is 0.508 e. The standard InChI is InChI=1S/C24H25NO4/c26-21-6-3-18(22(27)25-19-4-1-17(2-5-19)23(28)29)10-20(21)24-11-14-7-15(12-24)9-16(8-14)13-24/h1-6,10,14-16,26H,7-9,11-13H2,(H,25,27)(H,28,29). The first-order valence-corrected chi connectivity index (χ1v) is 10.4. The van der Waals surface area contributed by atoms with Crippen molar-refractivity contribution in [3.8, 4) is 5.75 Å². The fourth-order valence-electron chi connectivity index (χ4n) is 6.44. The number of benzene rings is 2. The monoisotopic (exact) mass is 391 g/mol. The Balaban J connectivity index is 1.41. The summed E-state index contributed by atoms with van der Waals surface area (Å²) in [4.78, 5) is 23.8. The minimum absolute atomic E-state index is 0.0122. The van der Waals surface area contributed by atoms with Gasteiger partial charge < -0.3 is 15.5 Å². The Morgan fingerprint density at radius 1 is 0.862 bits per heavy atom. The molecule has 4 aliphatic rings. The van der Waals surface area contributed by atoms with E-state index in [-0.39, 0.29) is 16.9 Å². The number of hydrogen-bond acceptors (Lipinski definition) is 3. The van der Waals surface area contributed by atoms with Crippen LogP contribution in [0.2, 0.25) is 0 Å². The second-order valence-electron chi connectivity index (χ2n) is 9.27. The quantitative estimate of drug-likeness (QED) is 0.698. The number of carbonyl (C=O) groups is 2. The lowest BCUT2D eigenvalue weighted by atomic mass is 9.48. The summed E-state index contributed by atoms with van der Waals surface area (Å²) in [6, 6.07) is 11.3. The number of aromatic carboxylic acids is 1. The van der Waals surface area contributed by atoms with E-state index in [0.717, 1.165) is 42.6 Å². The summed E-state index contributed by atoms with van der Waals surface area (Å²) in [6.07, 6.45) is 7.34. The molecule has 0 spiro atoms. The maximum atomic E-state index is 12.8. The van der Waals surface area contributed by atoms with Gasteiger partial charge in [0.1, 0.15) is 5.75 Å². The maximum absolute atomic E-state index is 12.8. The van der Waals surface area contributed by atoms with Crippen LogP contribution >= 0.6 is 0 Å². The SMILES string of the molecule is O=C(O)c1ccc(NC(=O)c2ccc(O)c(C34CC5CC(CC(C5)C3)C4)c2)cc1. The Hall–Kier alpha value is -2.82. The zero-order valence-corrected chi connectivity index (χ0v) is 16.2. The molecule has 0 atom stereocenters. The van der Waals surface area contributed by atoms with Gasteiger partial charge in [0, 0.05) is 16.8 Å². The van der Waals surface area contributed by atoms with Gasteiger partial charge in [0.2, 0.25) is 0 Å². The molecule has 1 amide bonds. The lowest BCUT2D eigenvalue weighted by molar-refractivity contribution is -0.00614. The van der Waals surface area contributed by atoms with Crippen molar-refractivity contribution in [3.05, 3.63) is 59.2 Å². The minimum atomic E-state index is -0.998. The summed E-state index contributed by atoms with van der Waals surface area (Å²) in [6.45, 7) is 0. The highest BCUT2D eigenvalue weighted by molar-refractivity contribution is 6.04. The number of rotatable bonds is 4. The summed E-state index contributed by atoms with van der Waals surface area (Å²) in [7, 11) is 0. The van der Waals surface area contributed by atoms with E-state index in [4.69, 9.17) is 5.11 Å². The molecule has 0 unspecified atom stereocenters. The van der Waals surface area contributed by atoms with E-state index in [2.05, 4.69) is 5.32 Å². The van der Waals surface area contributed by atoms with Crippen molar-refractivity contribution in [2.45, 2.75) is 43.9 Å². The van der Waals surface area contributed by atoms with Crippen LogP contribution in [0.25, 0.3) is 0 Å². The number of aromatic hydroxyl groups is 1. The second kappa shape index (κ2) is 6.61. The first-order chi connectivity index (χ1) is 13.9. The highest BCUT2D eigenvalue weighted by Gasteiger charge is 2.52. The summed E-state index contributed by atoms with van der Waals surface area (Å²) in [5.74, 6) is 1.32. The molecule has 0 aliphatic heterocycles. The van der Waals surface area contributed by atoms with E-state index in [1.807, 2.05) is 6.07 Å². The molecule has 2 aromatic rings. The second-order valence-corrected chi connectivity index (χ2v) is 9.27. The number of carboxylic acids is 1. The van der Waals surface area contributed by atoms with Gasteiger partial charge in [0.05, 0.1) is 5.56 Å². The molecule has 0 aromatic heterocycles. The van der Waals surface area contributed by atoms with Crippen molar-refractivity contribution < 1.29 is 19.8 Å². The van der Waals surface area contributed by atoms with Gasteiger partial charge in [0.15, 0.2) is 0 Å². The molecule has 3 N–H and O–H groups in total. The first-order valence-electron chi connectivity index (χ1n) is 10.4. The van der Waals surface area contributed by atoms with Crippen molar-refractivity contribution in [1.82, 2.24) is 0 Å². The zero-order chi connectivity index (χ0) is 20.2. The van der Waals surface area contributed by atoms with Crippen LogP contribution in [0.5, 0.6) is 5.75 Å². The molecule has 4 fully saturated rings. The van der Waals surface area contributed by atoms with Crippen LogP contribution in [0.3, 0.4) is 0 Å². The van der Waals surface area contributed by atoms with Gasteiger partial charge in [-0.2, -0.15) is 0 Å². The summed E-state index contributed by atoms with van der Waals surface area (Å²) in [5.41, 5.74) is 2.20. The number of hydrogen-bond donors (Lipinski definition) is 3. The number of phenols is 1. The van der Waals surface area contributed by atoms with E-state index in [1.165, 1.54) is 31.4 Å². The smallest absolute Gasteiger partial charge is 0.335 e. The van der Waals surface area contributed by atoms with Crippen LogP contribution in [-0.2, 0) is 5.41 Å². The van der Waals surface area contributed by atoms with Crippen LogP contribution in [0.1, 0.15) is 64.8 Å². The predicted octanol–water partition coefficient (Wildman–Crippen LogP) is 4.81.